The molecule has 0 aromatic rings. The fourth-order valence-corrected chi connectivity index (χ4v) is 1.76. The summed E-state index contributed by atoms with van der Waals surface area (Å²) >= 11 is 3.31. The van der Waals surface area contributed by atoms with Crippen molar-refractivity contribution in [3.8, 4) is 0 Å². The molecule has 0 atom stereocenters. The number of halogens is 1. The molecule has 0 saturated carbocycles. The average molecular weight is 314 g/mol. The molecule has 0 unspecified atom stereocenters. The van der Waals surface area contributed by atoms with Gasteiger partial charge in [0.1, 0.15) is 4.75 Å². The van der Waals surface area contributed by atoms with Crippen molar-refractivity contribution in [1.29, 1.82) is 0 Å². The zero-order valence-corrected chi connectivity index (χ0v) is 13.1. The fraction of sp³-hybridized carbons (Fsp3) is 0.900. The van der Waals surface area contributed by atoms with E-state index in [1.165, 1.54) is 18.7 Å². The lowest BCUT2D eigenvalue weighted by atomic mass is 10.0. The van der Waals surface area contributed by atoms with Crippen LogP contribution in [0.5, 0.6) is 0 Å². The molecule has 4 nitrogen and oxygen atoms in total. The van der Waals surface area contributed by atoms with Gasteiger partial charge in [0.2, 0.25) is 5.91 Å². The third kappa shape index (κ3) is 2.97. The molecule has 6 heteroatoms. The lowest BCUT2D eigenvalue weighted by Gasteiger charge is -2.38. The van der Waals surface area contributed by atoms with Gasteiger partial charge in [-0.1, -0.05) is 15.9 Å². The van der Waals surface area contributed by atoms with Crippen LogP contribution in [0.3, 0.4) is 0 Å². The van der Waals surface area contributed by atoms with Crippen LogP contribution in [-0.4, -0.2) is 48.1 Å². The summed E-state index contributed by atoms with van der Waals surface area (Å²) in [7, 11) is -1.80. The Labute approximate surface area is 106 Å². The summed E-state index contributed by atoms with van der Waals surface area (Å²) in [4.78, 5) is 13.6. The Bertz CT molecular complexity index is 374. The summed E-state index contributed by atoms with van der Waals surface area (Å²) < 4.78 is 21.7. The number of hydrogen-bond donors (Lipinski definition) is 0. The van der Waals surface area contributed by atoms with Crippen molar-refractivity contribution < 1.29 is 13.2 Å². The first-order valence-electron chi connectivity index (χ1n) is 4.92. The molecule has 0 rings (SSSR count). The van der Waals surface area contributed by atoms with E-state index < -0.39 is 20.1 Å². The van der Waals surface area contributed by atoms with Crippen LogP contribution in [0.2, 0.25) is 0 Å². The molecular formula is C10H20BrNO3S. The van der Waals surface area contributed by atoms with Crippen molar-refractivity contribution in [3.63, 3.8) is 0 Å². The molecular weight excluding hydrogens is 294 g/mol. The van der Waals surface area contributed by atoms with E-state index in [2.05, 4.69) is 15.9 Å². The lowest BCUT2D eigenvalue weighted by molar-refractivity contribution is -0.135. The Hall–Kier alpha value is -0.100. The molecule has 1 amide bonds. The third-order valence-corrected chi connectivity index (χ3v) is 6.38. The molecule has 0 aliphatic carbocycles. The second-order valence-electron chi connectivity index (χ2n) is 5.09. The van der Waals surface area contributed by atoms with Crippen molar-refractivity contribution in [2.45, 2.75) is 38.0 Å². The molecule has 0 N–H and O–H groups in total. The van der Waals surface area contributed by atoms with Gasteiger partial charge in [-0.3, -0.25) is 4.79 Å². The number of amides is 1. The van der Waals surface area contributed by atoms with Crippen molar-refractivity contribution in [1.82, 2.24) is 4.90 Å². The number of sulfone groups is 1. The smallest absolute Gasteiger partial charge is 0.243 e. The molecule has 0 aliphatic rings. The monoisotopic (exact) mass is 313 g/mol. The Morgan fingerprint density at radius 2 is 1.62 bits per heavy atom. The fourth-order valence-electron chi connectivity index (χ4n) is 0.927. The van der Waals surface area contributed by atoms with Crippen LogP contribution in [0.4, 0.5) is 0 Å². The van der Waals surface area contributed by atoms with E-state index in [0.717, 1.165) is 6.26 Å². The van der Waals surface area contributed by atoms with Crippen LogP contribution >= 0.6 is 15.9 Å². The highest BCUT2D eigenvalue weighted by Crippen LogP contribution is 2.24. The normalized spacial score (nSPS) is 13.7. The predicted octanol–water partition coefficient (Wildman–Crippen LogP) is 1.44. The van der Waals surface area contributed by atoms with E-state index in [-0.39, 0.29) is 5.91 Å². The number of carbonyl (C=O) groups excluding carboxylic acids is 1. The van der Waals surface area contributed by atoms with Gasteiger partial charge in [0.25, 0.3) is 0 Å². The second kappa shape index (κ2) is 4.64. The highest BCUT2D eigenvalue weighted by molar-refractivity contribution is 9.09. The van der Waals surface area contributed by atoms with Crippen LogP contribution in [0.1, 0.15) is 27.7 Å². The highest BCUT2D eigenvalue weighted by atomic mass is 79.9. The van der Waals surface area contributed by atoms with Gasteiger partial charge in [-0.05, 0) is 27.7 Å². The van der Waals surface area contributed by atoms with Gasteiger partial charge >= 0.3 is 0 Å². The minimum Gasteiger partial charge on any atom is -0.338 e. The highest BCUT2D eigenvalue weighted by Gasteiger charge is 2.43. The maximum atomic E-state index is 12.1. The van der Waals surface area contributed by atoms with Gasteiger partial charge in [-0.15, -0.1) is 0 Å². The van der Waals surface area contributed by atoms with Crippen LogP contribution < -0.4 is 0 Å². The van der Waals surface area contributed by atoms with Crippen molar-refractivity contribution in [3.05, 3.63) is 0 Å². The molecule has 0 fully saturated rings. The van der Waals surface area contributed by atoms with E-state index in [0.29, 0.717) is 5.33 Å². The molecule has 0 aliphatic heterocycles. The Morgan fingerprint density at radius 3 is 1.88 bits per heavy atom. The van der Waals surface area contributed by atoms with Gasteiger partial charge in [-0.25, -0.2) is 8.42 Å². The van der Waals surface area contributed by atoms with Crippen molar-refractivity contribution in [2.24, 2.45) is 0 Å². The average Bonchev–Trinajstić information content (AvgIpc) is 2.13. The zero-order valence-electron chi connectivity index (χ0n) is 10.7. The minimum absolute atomic E-state index is 0.389. The standard InChI is InChI=1S/C10H20BrNO3S/c1-9(2,7-11)12(5)8(13)10(3,4)16(6,14)15/h7H2,1-6H3. The van der Waals surface area contributed by atoms with Crippen molar-refractivity contribution >= 4 is 31.7 Å². The van der Waals surface area contributed by atoms with Gasteiger partial charge < -0.3 is 4.90 Å². The first-order chi connectivity index (χ1) is 6.88. The first kappa shape index (κ1) is 15.9. The van der Waals surface area contributed by atoms with E-state index in [9.17, 15) is 13.2 Å². The first-order valence-corrected chi connectivity index (χ1v) is 7.93. The molecule has 0 radical (unpaired) electrons. The topological polar surface area (TPSA) is 54.5 Å². The maximum Gasteiger partial charge on any atom is 0.243 e. The van der Waals surface area contributed by atoms with E-state index in [1.54, 1.807) is 7.05 Å². The summed E-state index contributed by atoms with van der Waals surface area (Å²) in [6.45, 7) is 6.62. The Morgan fingerprint density at radius 1 is 1.25 bits per heavy atom. The summed E-state index contributed by atoms with van der Waals surface area (Å²) in [5.74, 6) is -0.389. The molecule has 0 aromatic carbocycles. The second-order valence-corrected chi connectivity index (χ2v) is 8.22. The van der Waals surface area contributed by atoms with Crippen LogP contribution in [0.15, 0.2) is 0 Å². The lowest BCUT2D eigenvalue weighted by Crippen LogP contribution is -2.55. The predicted molar refractivity (Wildman–Crippen MR) is 69.6 cm³/mol. The van der Waals surface area contributed by atoms with Gasteiger partial charge in [0, 0.05) is 24.2 Å². The van der Waals surface area contributed by atoms with Crippen LogP contribution in [0, 0.1) is 0 Å². The number of hydrogen-bond acceptors (Lipinski definition) is 3. The van der Waals surface area contributed by atoms with Gasteiger partial charge in [-0.2, -0.15) is 0 Å². The zero-order chi connectivity index (χ0) is 13.4. The molecule has 0 heterocycles. The van der Waals surface area contributed by atoms with Gasteiger partial charge in [0.05, 0.1) is 0 Å². The SMILES string of the molecule is CN(C(=O)C(C)(C)S(C)(=O)=O)C(C)(C)CBr. The van der Waals surface area contributed by atoms with Gasteiger partial charge in [0.15, 0.2) is 9.84 Å². The number of rotatable bonds is 4. The third-order valence-electron chi connectivity index (χ3n) is 2.98. The van der Waals surface area contributed by atoms with E-state index >= 15 is 0 Å². The number of alkyl halides is 1. The van der Waals surface area contributed by atoms with E-state index in [4.69, 9.17) is 0 Å². The summed E-state index contributed by atoms with van der Waals surface area (Å²) in [5.41, 5.74) is -0.418. The number of nitrogens with zero attached hydrogens (tertiary/aromatic N) is 1. The van der Waals surface area contributed by atoms with E-state index in [1.807, 2.05) is 13.8 Å². The molecule has 0 spiro atoms. The molecule has 0 bridgehead atoms. The molecule has 96 valence electrons. The quantitative estimate of drug-likeness (QED) is 0.738. The summed E-state index contributed by atoms with van der Waals surface area (Å²) in [6, 6.07) is 0. The molecule has 16 heavy (non-hydrogen) atoms. The van der Waals surface area contributed by atoms with Crippen molar-refractivity contribution in [2.75, 3.05) is 18.6 Å². The molecule has 0 aromatic heterocycles. The molecule has 0 saturated heterocycles. The van der Waals surface area contributed by atoms with Crippen LogP contribution in [0.25, 0.3) is 0 Å². The maximum absolute atomic E-state index is 12.1. The minimum atomic E-state index is -3.42. The number of carbonyl (C=O) groups is 1. The summed E-state index contributed by atoms with van der Waals surface area (Å²) in [5, 5.41) is 0.585. The largest absolute Gasteiger partial charge is 0.338 e. The summed E-state index contributed by atoms with van der Waals surface area (Å²) in [6.07, 6.45) is 1.08. The Balaban J connectivity index is 5.26. The van der Waals surface area contributed by atoms with Crippen LogP contribution in [-0.2, 0) is 14.6 Å². The Kier molecular flexibility index (Phi) is 4.61.